The third kappa shape index (κ3) is 35.3. The van der Waals surface area contributed by atoms with E-state index in [0.29, 0.717) is 45.6 Å². The first-order valence-corrected chi connectivity index (χ1v) is 19.0. The molecule has 14 heteroatoms. The third-order valence-electron chi connectivity index (χ3n) is 8.05. The summed E-state index contributed by atoms with van der Waals surface area (Å²) in [6, 6.07) is 0. The Balaban J connectivity index is 3.68. The van der Waals surface area contributed by atoms with Crippen LogP contribution in [-0.4, -0.2) is 111 Å². The predicted octanol–water partition coefficient (Wildman–Crippen LogP) is 4.64. The predicted molar refractivity (Wildman–Crippen MR) is 191 cm³/mol. The molecule has 0 saturated heterocycles. The lowest BCUT2D eigenvalue weighted by Gasteiger charge is -2.12. The number of unbranched alkanes of at least 4 members (excludes halogenated alkanes) is 10. The second-order valence-corrected chi connectivity index (χ2v) is 12.8. The van der Waals surface area contributed by atoms with Crippen LogP contribution in [0.5, 0.6) is 0 Å². The van der Waals surface area contributed by atoms with Gasteiger partial charge >= 0.3 is 11.9 Å². The maximum Gasteiger partial charge on any atom is 0.306 e. The van der Waals surface area contributed by atoms with Crippen LogP contribution in [0, 0.1) is 5.92 Å². The van der Waals surface area contributed by atoms with E-state index in [1.54, 1.807) is 0 Å². The van der Waals surface area contributed by atoms with Gasteiger partial charge in [-0.25, -0.2) is 0 Å². The van der Waals surface area contributed by atoms with Gasteiger partial charge in [0.25, 0.3) is 0 Å². The number of carboxylic acids is 2. The molecule has 0 rings (SSSR count). The van der Waals surface area contributed by atoms with Crippen molar-refractivity contribution in [3.05, 3.63) is 0 Å². The largest absolute Gasteiger partial charge is 0.481 e. The van der Waals surface area contributed by atoms with Crippen molar-refractivity contribution in [1.82, 2.24) is 10.6 Å². The second-order valence-electron chi connectivity index (χ2n) is 12.8. The minimum absolute atomic E-state index is 0.00572. The van der Waals surface area contributed by atoms with Gasteiger partial charge < -0.3 is 39.8 Å². The molecule has 1 atom stereocenters. The van der Waals surface area contributed by atoms with Crippen LogP contribution in [0.15, 0.2) is 0 Å². The Morgan fingerprint density at radius 1 is 0.510 bits per heavy atom. The standard InChI is InChI=1S/C37H66N2O12/c1-2-3-20-38-35(43)30-51-27-24-48-22-14-16-33(41)29-50-26-25-49-23-21-39-34(42)19-18-31(37(46)47)28-32(40)15-12-10-8-6-4-5-7-9-11-13-17-36(44)45/h31H,2-30H2,1H3,(H,38,43)(H,39,42)(H,44,45)(H,46,47)/t31-/m1/s1. The molecular formula is C37H66N2O12. The van der Waals surface area contributed by atoms with Crippen molar-refractivity contribution >= 4 is 35.3 Å². The van der Waals surface area contributed by atoms with Crippen molar-refractivity contribution in [1.29, 1.82) is 0 Å². The van der Waals surface area contributed by atoms with E-state index in [1.807, 2.05) is 0 Å². The summed E-state index contributed by atoms with van der Waals surface area (Å²) in [4.78, 5) is 70.1. The number of Topliss-reactive ketones (excluding diaryl/α,β-unsaturated/α-hetero) is 2. The third-order valence-corrected chi connectivity index (χ3v) is 8.05. The van der Waals surface area contributed by atoms with Crippen molar-refractivity contribution in [3.63, 3.8) is 0 Å². The molecule has 0 aliphatic rings. The van der Waals surface area contributed by atoms with Gasteiger partial charge in [-0.3, -0.25) is 28.8 Å². The SMILES string of the molecule is CCCCNC(=O)COCCOCCCC(=O)COCCOCCNC(=O)CC[C@H](CC(=O)CCCCCCCCCCCCC(=O)O)C(=O)O. The number of ketones is 2. The van der Waals surface area contributed by atoms with E-state index in [-0.39, 0.29) is 88.6 Å². The lowest BCUT2D eigenvalue weighted by molar-refractivity contribution is -0.144. The molecule has 0 aromatic heterocycles. The zero-order valence-electron chi connectivity index (χ0n) is 31.1. The van der Waals surface area contributed by atoms with Crippen LogP contribution in [0.25, 0.3) is 0 Å². The molecule has 2 amide bonds. The van der Waals surface area contributed by atoms with Gasteiger partial charge in [0.2, 0.25) is 11.8 Å². The summed E-state index contributed by atoms with van der Waals surface area (Å²) in [5.74, 6) is -3.28. The number of aliphatic carboxylic acids is 2. The van der Waals surface area contributed by atoms with Crippen LogP contribution < -0.4 is 10.6 Å². The summed E-state index contributed by atoms with van der Waals surface area (Å²) < 4.78 is 21.4. The van der Waals surface area contributed by atoms with Crippen molar-refractivity contribution in [2.24, 2.45) is 5.92 Å². The fraction of sp³-hybridized carbons (Fsp3) is 0.838. The maximum absolute atomic E-state index is 12.3. The van der Waals surface area contributed by atoms with Gasteiger partial charge in [-0.2, -0.15) is 0 Å². The summed E-state index contributed by atoms with van der Waals surface area (Å²) in [6.45, 7) is 4.72. The Morgan fingerprint density at radius 3 is 1.65 bits per heavy atom. The Hall–Kier alpha value is -2.94. The summed E-state index contributed by atoms with van der Waals surface area (Å²) in [5.41, 5.74) is 0. The van der Waals surface area contributed by atoms with Gasteiger partial charge in [0.15, 0.2) is 5.78 Å². The first kappa shape index (κ1) is 48.1. The number of hydrogen-bond acceptors (Lipinski definition) is 10. The quantitative estimate of drug-likeness (QED) is 0.0639. The molecule has 0 spiro atoms. The number of carbonyl (C=O) groups excluding carboxylic acids is 4. The van der Waals surface area contributed by atoms with Crippen LogP contribution in [-0.2, 0) is 47.7 Å². The lowest BCUT2D eigenvalue weighted by Crippen LogP contribution is -2.29. The zero-order valence-corrected chi connectivity index (χ0v) is 31.1. The Bertz CT molecular complexity index is 947. The Labute approximate surface area is 304 Å². The molecule has 4 N–H and O–H groups in total. The molecule has 0 saturated carbocycles. The van der Waals surface area contributed by atoms with Crippen LogP contribution >= 0.6 is 0 Å². The Morgan fingerprint density at radius 2 is 1.04 bits per heavy atom. The van der Waals surface area contributed by atoms with Gasteiger partial charge in [0.05, 0.1) is 39.0 Å². The normalized spacial score (nSPS) is 11.6. The second kappa shape index (κ2) is 35.5. The van der Waals surface area contributed by atoms with Gasteiger partial charge in [-0.1, -0.05) is 64.7 Å². The number of carbonyl (C=O) groups is 6. The first-order chi connectivity index (χ1) is 24.6. The number of nitrogens with one attached hydrogen (secondary N) is 2. The van der Waals surface area contributed by atoms with E-state index in [2.05, 4.69) is 17.6 Å². The van der Waals surface area contributed by atoms with Crippen LogP contribution in [0.2, 0.25) is 0 Å². The van der Waals surface area contributed by atoms with Crippen molar-refractivity contribution in [2.45, 2.75) is 129 Å². The maximum atomic E-state index is 12.3. The number of amides is 2. The summed E-state index contributed by atoms with van der Waals surface area (Å²) >= 11 is 0. The molecule has 0 aliphatic carbocycles. The van der Waals surface area contributed by atoms with Gasteiger partial charge in [-0.15, -0.1) is 0 Å². The smallest absolute Gasteiger partial charge is 0.306 e. The topological polar surface area (TPSA) is 204 Å². The number of carboxylic acid groups (broad SMARTS) is 2. The number of hydrogen-bond donors (Lipinski definition) is 4. The average molecular weight is 731 g/mol. The molecule has 0 heterocycles. The minimum atomic E-state index is -1.07. The minimum Gasteiger partial charge on any atom is -0.481 e. The highest BCUT2D eigenvalue weighted by Gasteiger charge is 2.22. The monoisotopic (exact) mass is 730 g/mol. The van der Waals surface area contributed by atoms with Gasteiger partial charge in [0, 0.05) is 51.8 Å². The van der Waals surface area contributed by atoms with E-state index < -0.39 is 17.9 Å². The fourth-order valence-electron chi connectivity index (χ4n) is 5.05. The first-order valence-electron chi connectivity index (χ1n) is 19.0. The molecule has 296 valence electrons. The zero-order chi connectivity index (χ0) is 37.8. The van der Waals surface area contributed by atoms with E-state index >= 15 is 0 Å². The molecule has 51 heavy (non-hydrogen) atoms. The van der Waals surface area contributed by atoms with Crippen LogP contribution in [0.1, 0.15) is 129 Å². The van der Waals surface area contributed by atoms with Crippen LogP contribution in [0.4, 0.5) is 0 Å². The molecule has 0 aromatic carbocycles. The number of ether oxygens (including phenoxy) is 4. The highest BCUT2D eigenvalue weighted by atomic mass is 16.5. The van der Waals surface area contributed by atoms with Gasteiger partial charge in [-0.05, 0) is 32.1 Å². The van der Waals surface area contributed by atoms with Crippen LogP contribution in [0.3, 0.4) is 0 Å². The molecule has 0 unspecified atom stereocenters. The molecular weight excluding hydrogens is 664 g/mol. The van der Waals surface area contributed by atoms with E-state index in [9.17, 15) is 33.9 Å². The Kier molecular flexibility index (Phi) is 33.4. The molecule has 0 bridgehead atoms. The van der Waals surface area contributed by atoms with Crippen molar-refractivity contribution < 1.29 is 57.9 Å². The highest BCUT2D eigenvalue weighted by molar-refractivity contribution is 5.84. The molecule has 0 aliphatic heterocycles. The molecule has 14 nitrogen and oxygen atoms in total. The van der Waals surface area contributed by atoms with Crippen molar-refractivity contribution in [2.75, 3.05) is 65.9 Å². The molecule has 0 radical (unpaired) electrons. The molecule has 0 aromatic rings. The molecule has 0 fully saturated rings. The van der Waals surface area contributed by atoms with E-state index in [1.165, 1.54) is 0 Å². The summed E-state index contributed by atoms with van der Waals surface area (Å²) in [5, 5.41) is 23.6. The van der Waals surface area contributed by atoms with E-state index in [0.717, 1.165) is 77.0 Å². The fourth-order valence-corrected chi connectivity index (χ4v) is 5.05. The van der Waals surface area contributed by atoms with Crippen molar-refractivity contribution in [3.8, 4) is 0 Å². The summed E-state index contributed by atoms with van der Waals surface area (Å²) in [7, 11) is 0. The van der Waals surface area contributed by atoms with E-state index in [4.69, 9.17) is 24.1 Å². The summed E-state index contributed by atoms with van der Waals surface area (Å²) in [6.07, 6.45) is 13.4. The highest BCUT2D eigenvalue weighted by Crippen LogP contribution is 2.16. The van der Waals surface area contributed by atoms with Gasteiger partial charge in [0.1, 0.15) is 19.0 Å². The number of rotatable bonds is 39. The lowest BCUT2D eigenvalue weighted by atomic mass is 9.94. The average Bonchev–Trinajstić information content (AvgIpc) is 3.09.